The number of methoxy groups -OCH3 is 1. The van der Waals surface area contributed by atoms with Crippen molar-refractivity contribution >= 4 is 34.5 Å². The van der Waals surface area contributed by atoms with Crippen LogP contribution in [0.1, 0.15) is 35.6 Å². The van der Waals surface area contributed by atoms with E-state index < -0.39 is 0 Å². The first-order chi connectivity index (χ1) is 13.6. The molecule has 2 aliphatic rings. The average Bonchev–Trinajstić information content (AvgIpc) is 2.73. The smallest absolute Gasteiger partial charge is 0.187 e. The number of nitrogens with zero attached hydrogens (tertiary/aromatic N) is 3. The first-order valence-electron chi connectivity index (χ1n) is 9.01. The molecule has 0 spiro atoms. The fourth-order valence-electron chi connectivity index (χ4n) is 3.53. The van der Waals surface area contributed by atoms with Crippen LogP contribution in [0, 0.1) is 0 Å². The second kappa shape index (κ2) is 9.00. The normalized spacial score (nSPS) is 19.3. The Bertz CT molecular complexity index is 989. The SMILES string of the molecule is Br.CCOc1cc2c(cc1OC)C(c1cnc(SC)nc1)N=C1C=CC(O)=C[C@@H]12. The Labute approximate surface area is 184 Å². The molecule has 2 aromatic rings. The van der Waals surface area contributed by atoms with E-state index in [9.17, 15) is 5.11 Å². The second-order valence-electron chi connectivity index (χ2n) is 6.43. The number of fused-ring (bicyclic) bond motifs is 3. The number of halogens is 1. The Hall–Kier alpha value is -2.32. The monoisotopic (exact) mass is 475 g/mol. The Morgan fingerprint density at radius 3 is 2.48 bits per heavy atom. The van der Waals surface area contributed by atoms with Crippen LogP contribution in [0.25, 0.3) is 0 Å². The number of aromatic nitrogens is 2. The summed E-state index contributed by atoms with van der Waals surface area (Å²) in [6, 6.07) is 3.71. The minimum atomic E-state index is -0.250. The number of benzene rings is 1. The molecule has 152 valence electrons. The van der Waals surface area contributed by atoms with Crippen LogP contribution >= 0.6 is 28.7 Å². The van der Waals surface area contributed by atoms with Gasteiger partial charge < -0.3 is 14.6 Å². The predicted octanol–water partition coefficient (Wildman–Crippen LogP) is 4.82. The van der Waals surface area contributed by atoms with E-state index in [1.54, 1.807) is 13.2 Å². The first-order valence-corrected chi connectivity index (χ1v) is 10.2. The molecule has 1 unspecified atom stereocenters. The van der Waals surface area contributed by atoms with Crippen molar-refractivity contribution in [1.82, 2.24) is 9.97 Å². The number of aliphatic hydroxyl groups is 1. The molecule has 2 heterocycles. The lowest BCUT2D eigenvalue weighted by Crippen LogP contribution is -2.22. The van der Waals surface area contributed by atoms with Crippen LogP contribution in [0.15, 0.2) is 58.7 Å². The van der Waals surface area contributed by atoms with Crippen molar-refractivity contribution in [2.24, 2.45) is 4.99 Å². The molecule has 1 aliphatic heterocycles. The summed E-state index contributed by atoms with van der Waals surface area (Å²) in [6.45, 7) is 2.48. The van der Waals surface area contributed by atoms with Gasteiger partial charge in [-0.15, -0.1) is 17.0 Å². The van der Waals surface area contributed by atoms with E-state index in [1.807, 2.05) is 49.9 Å². The van der Waals surface area contributed by atoms with Gasteiger partial charge in [0.1, 0.15) is 11.8 Å². The van der Waals surface area contributed by atoms with Crippen LogP contribution in [0.2, 0.25) is 0 Å². The lowest BCUT2D eigenvalue weighted by molar-refractivity contribution is 0.310. The molecule has 0 radical (unpaired) electrons. The summed E-state index contributed by atoms with van der Waals surface area (Å²) in [6.07, 6.45) is 10.9. The summed E-state index contributed by atoms with van der Waals surface area (Å²) < 4.78 is 11.3. The van der Waals surface area contributed by atoms with E-state index in [-0.39, 0.29) is 34.7 Å². The van der Waals surface area contributed by atoms with Crippen molar-refractivity contribution in [1.29, 1.82) is 0 Å². The molecule has 0 fully saturated rings. The van der Waals surface area contributed by atoms with Gasteiger partial charge in [0.2, 0.25) is 0 Å². The summed E-state index contributed by atoms with van der Waals surface area (Å²) in [5, 5.41) is 10.8. The standard InChI is InChI=1S/C21H21N3O3S.BrH/c1-4-27-19-8-14-15-7-13(25)5-6-17(15)24-20(16(14)9-18(19)26-2)12-10-22-21(28-3)23-11-12;/h5-11,15,20,25H,4H2,1-3H3;1H/t15-,20?;/m1./s1. The zero-order chi connectivity index (χ0) is 19.7. The number of rotatable bonds is 5. The second-order valence-corrected chi connectivity index (χ2v) is 7.20. The molecule has 4 rings (SSSR count). The summed E-state index contributed by atoms with van der Waals surface area (Å²) >= 11 is 1.50. The Balaban J connectivity index is 0.00000240. The van der Waals surface area contributed by atoms with Crippen molar-refractivity contribution in [3.63, 3.8) is 0 Å². The molecule has 8 heteroatoms. The maximum absolute atomic E-state index is 10.0. The molecule has 1 aliphatic carbocycles. The molecule has 0 bridgehead atoms. The van der Waals surface area contributed by atoms with Crippen molar-refractivity contribution in [3.8, 4) is 11.5 Å². The third kappa shape index (κ3) is 4.04. The highest BCUT2D eigenvalue weighted by Crippen LogP contribution is 2.45. The number of hydrogen-bond acceptors (Lipinski definition) is 7. The first kappa shape index (κ1) is 21.4. The third-order valence-corrected chi connectivity index (χ3v) is 5.38. The molecule has 2 atom stereocenters. The molecule has 0 saturated carbocycles. The Kier molecular flexibility index (Phi) is 6.64. The average molecular weight is 476 g/mol. The molecule has 29 heavy (non-hydrogen) atoms. The van der Waals surface area contributed by atoms with Gasteiger partial charge >= 0.3 is 0 Å². The molecule has 1 aromatic heterocycles. The van der Waals surface area contributed by atoms with Gasteiger partial charge in [0.05, 0.1) is 13.7 Å². The number of allylic oxidation sites excluding steroid dienone is 3. The number of aliphatic hydroxyl groups excluding tert-OH is 1. The van der Waals surface area contributed by atoms with Crippen LogP contribution in [-0.4, -0.2) is 40.8 Å². The summed E-state index contributed by atoms with van der Waals surface area (Å²) in [5.41, 5.74) is 3.82. The van der Waals surface area contributed by atoms with E-state index >= 15 is 0 Å². The van der Waals surface area contributed by atoms with Gasteiger partial charge in [-0.1, -0.05) is 11.8 Å². The number of aliphatic imine (C=N–C) groups is 1. The van der Waals surface area contributed by atoms with Crippen LogP contribution in [0.3, 0.4) is 0 Å². The van der Waals surface area contributed by atoms with E-state index in [0.29, 0.717) is 18.1 Å². The van der Waals surface area contributed by atoms with Gasteiger partial charge in [-0.2, -0.15) is 0 Å². The molecular weight excluding hydrogens is 454 g/mol. The highest BCUT2D eigenvalue weighted by Gasteiger charge is 2.32. The molecule has 0 saturated heterocycles. The molecular formula is C21H22BrN3O3S. The maximum Gasteiger partial charge on any atom is 0.187 e. The van der Waals surface area contributed by atoms with Gasteiger partial charge in [0.25, 0.3) is 0 Å². The van der Waals surface area contributed by atoms with Crippen molar-refractivity contribution in [2.75, 3.05) is 20.0 Å². The zero-order valence-corrected chi connectivity index (χ0v) is 18.9. The Morgan fingerprint density at radius 2 is 1.83 bits per heavy atom. The minimum absolute atomic E-state index is 0. The highest BCUT2D eigenvalue weighted by molar-refractivity contribution is 8.93. The molecule has 1 N–H and O–H groups in total. The molecule has 0 amide bonds. The predicted molar refractivity (Wildman–Crippen MR) is 120 cm³/mol. The lowest BCUT2D eigenvalue weighted by atomic mass is 9.80. The fraction of sp³-hybridized carbons (Fsp3) is 0.286. The minimum Gasteiger partial charge on any atom is -0.508 e. The topological polar surface area (TPSA) is 76.8 Å². The quantitative estimate of drug-likeness (QED) is 0.493. The molecule has 1 aromatic carbocycles. The molecule has 6 nitrogen and oxygen atoms in total. The van der Waals surface area contributed by atoms with Gasteiger partial charge in [0.15, 0.2) is 16.7 Å². The van der Waals surface area contributed by atoms with Gasteiger partial charge in [-0.3, -0.25) is 4.99 Å². The van der Waals surface area contributed by atoms with Crippen molar-refractivity contribution in [2.45, 2.75) is 24.0 Å². The highest BCUT2D eigenvalue weighted by atomic mass is 79.9. The van der Waals surface area contributed by atoms with Gasteiger partial charge in [-0.25, -0.2) is 9.97 Å². The van der Waals surface area contributed by atoms with Crippen molar-refractivity contribution in [3.05, 3.63) is 65.2 Å². The third-order valence-electron chi connectivity index (χ3n) is 4.80. The Morgan fingerprint density at radius 1 is 1.10 bits per heavy atom. The van der Waals surface area contributed by atoms with E-state index in [1.165, 1.54) is 11.8 Å². The summed E-state index contributed by atoms with van der Waals surface area (Å²) in [7, 11) is 1.63. The van der Waals surface area contributed by atoms with Crippen LogP contribution in [0.5, 0.6) is 11.5 Å². The maximum atomic E-state index is 10.0. The largest absolute Gasteiger partial charge is 0.508 e. The summed E-state index contributed by atoms with van der Waals surface area (Å²) in [5.74, 6) is 1.44. The number of ether oxygens (including phenoxy) is 2. The van der Waals surface area contributed by atoms with Gasteiger partial charge in [-0.05, 0) is 54.7 Å². The zero-order valence-electron chi connectivity index (χ0n) is 16.3. The number of hydrogen-bond donors (Lipinski definition) is 1. The van der Waals surface area contributed by atoms with E-state index in [2.05, 4.69) is 9.97 Å². The summed E-state index contributed by atoms with van der Waals surface area (Å²) in [4.78, 5) is 13.8. The lowest BCUT2D eigenvalue weighted by Gasteiger charge is -2.30. The number of thioether (sulfide) groups is 1. The van der Waals surface area contributed by atoms with Crippen LogP contribution in [0.4, 0.5) is 0 Å². The van der Waals surface area contributed by atoms with E-state index in [0.717, 1.165) is 27.6 Å². The fourth-order valence-corrected chi connectivity index (χ4v) is 3.85. The van der Waals surface area contributed by atoms with Gasteiger partial charge in [0, 0.05) is 29.6 Å². The van der Waals surface area contributed by atoms with E-state index in [4.69, 9.17) is 14.5 Å². The van der Waals surface area contributed by atoms with Crippen molar-refractivity contribution < 1.29 is 14.6 Å². The van der Waals surface area contributed by atoms with Crippen LogP contribution in [-0.2, 0) is 0 Å². The van der Waals surface area contributed by atoms with Crippen LogP contribution < -0.4 is 9.47 Å².